The molecule has 1 heterocycles. The van der Waals surface area contributed by atoms with Gasteiger partial charge in [-0.1, -0.05) is 129 Å². The first-order valence-electron chi connectivity index (χ1n) is 19.9. The average molecular weight is 805 g/mol. The van der Waals surface area contributed by atoms with E-state index in [4.69, 9.17) is 4.74 Å². The Morgan fingerprint density at radius 3 is 1.49 bits per heavy atom. The average Bonchev–Trinajstić information content (AvgIpc) is 3.14. The molecule has 0 bridgehead atoms. The third kappa shape index (κ3) is 18.3. The van der Waals surface area contributed by atoms with Crippen molar-refractivity contribution in [2.45, 2.75) is 98.0 Å². The fourth-order valence-corrected chi connectivity index (χ4v) is 6.49. The maximum atomic E-state index is 12.2. The van der Waals surface area contributed by atoms with Gasteiger partial charge in [-0.15, -0.1) is 0 Å². The van der Waals surface area contributed by atoms with Crippen molar-refractivity contribution >= 4 is 37.7 Å². The highest BCUT2D eigenvalue weighted by Crippen LogP contribution is 2.26. The fraction of sp³-hybridized carbons (Fsp3) is 0.362. The molecule has 2 atom stereocenters. The lowest BCUT2D eigenvalue weighted by atomic mass is 9.62. The van der Waals surface area contributed by atoms with Gasteiger partial charge in [-0.25, -0.2) is 4.79 Å². The lowest BCUT2D eigenvalue weighted by molar-refractivity contribution is -0.231. The highest BCUT2D eigenvalue weighted by Gasteiger charge is 2.34. The Bertz CT molecular complexity index is 1940. The smallest absolute Gasteiger partial charge is 0.333 e. The number of benzene rings is 4. The van der Waals surface area contributed by atoms with E-state index in [0.717, 1.165) is 23.1 Å². The van der Waals surface area contributed by atoms with Gasteiger partial charge in [0.2, 0.25) is 0 Å². The molecule has 1 fully saturated rings. The number of ether oxygens (including phenoxy) is 3. The number of aliphatic carboxylic acids is 1. The van der Waals surface area contributed by atoms with E-state index in [1.165, 1.54) is 30.5 Å². The zero-order valence-corrected chi connectivity index (χ0v) is 35.4. The number of carbonyl (C=O) groups is 4. The highest BCUT2D eigenvalue weighted by molar-refractivity contribution is 6.49. The third-order valence-corrected chi connectivity index (χ3v) is 9.01. The number of carboxylic acid groups (broad SMARTS) is 1. The zero-order chi connectivity index (χ0) is 43.8. The van der Waals surface area contributed by atoms with Crippen LogP contribution in [0.15, 0.2) is 121 Å². The minimum absolute atomic E-state index is 0.127. The molecule has 0 spiro atoms. The highest BCUT2D eigenvalue weighted by atomic mass is 16.7. The number of esters is 3. The summed E-state index contributed by atoms with van der Waals surface area (Å²) in [6.45, 7) is 14.9. The van der Waals surface area contributed by atoms with Crippen LogP contribution in [0.1, 0.15) is 58.6 Å². The Morgan fingerprint density at radius 1 is 0.712 bits per heavy atom. The number of hydrogen-bond acceptors (Lipinski definition) is 9. The number of cyclic esters (lactones) is 2. The zero-order valence-electron chi connectivity index (χ0n) is 35.4. The summed E-state index contributed by atoms with van der Waals surface area (Å²) in [5.74, 6) is -3.77. The largest absolute Gasteiger partial charge is 0.481 e. The summed E-state index contributed by atoms with van der Waals surface area (Å²) in [5.41, 5.74) is 6.70. The molecule has 3 N–H and O–H groups in total. The topological polar surface area (TPSA) is 157 Å². The molecule has 12 heteroatoms. The van der Waals surface area contributed by atoms with Gasteiger partial charge in [0, 0.05) is 19.4 Å². The molecule has 1 aliphatic rings. The molecule has 0 aromatic heterocycles. The van der Waals surface area contributed by atoms with E-state index in [1.807, 2.05) is 93.6 Å². The summed E-state index contributed by atoms with van der Waals surface area (Å²) >= 11 is 0. The summed E-state index contributed by atoms with van der Waals surface area (Å²) < 4.78 is 14.7. The molecule has 0 saturated carbocycles. The Labute approximate surface area is 349 Å². The minimum atomic E-state index is -1.08. The summed E-state index contributed by atoms with van der Waals surface area (Å²) in [7, 11) is 0. The van der Waals surface area contributed by atoms with Crippen molar-refractivity contribution in [1.29, 1.82) is 0 Å². The van der Waals surface area contributed by atoms with Crippen molar-refractivity contribution < 1.29 is 48.5 Å². The molecule has 312 valence electrons. The van der Waals surface area contributed by atoms with Crippen LogP contribution in [0.4, 0.5) is 0 Å². The van der Waals surface area contributed by atoms with Crippen LogP contribution in [0.5, 0.6) is 0 Å². The van der Waals surface area contributed by atoms with Gasteiger partial charge < -0.3 is 29.4 Å². The van der Waals surface area contributed by atoms with E-state index in [1.54, 1.807) is 13.6 Å². The molecule has 59 heavy (non-hydrogen) atoms. The van der Waals surface area contributed by atoms with Crippen molar-refractivity contribution in [2.24, 2.45) is 11.8 Å². The Hall–Kier alpha value is -5.45. The van der Waals surface area contributed by atoms with Crippen LogP contribution >= 0.6 is 0 Å². The predicted octanol–water partition coefficient (Wildman–Crippen LogP) is 8.84. The first kappa shape index (κ1) is 47.9. The second-order valence-corrected chi connectivity index (χ2v) is 16.4. The first-order valence-corrected chi connectivity index (χ1v) is 19.9. The molecule has 0 amide bonds. The van der Waals surface area contributed by atoms with Gasteiger partial charge in [-0.2, -0.15) is 0 Å². The van der Waals surface area contributed by atoms with Crippen molar-refractivity contribution in [3.8, 4) is 22.3 Å². The molecule has 0 radical (unpaired) electrons. The van der Waals surface area contributed by atoms with E-state index < -0.39 is 49.0 Å². The van der Waals surface area contributed by atoms with E-state index >= 15 is 0 Å². The van der Waals surface area contributed by atoms with Crippen LogP contribution in [-0.2, 0) is 46.2 Å². The number of carboxylic acids is 1. The molecular formula is C47H58B2O10. The monoisotopic (exact) mass is 804 g/mol. The van der Waals surface area contributed by atoms with E-state index in [0.29, 0.717) is 24.7 Å². The summed E-state index contributed by atoms with van der Waals surface area (Å²) in [6.07, 6.45) is 2.35. The molecule has 0 aliphatic carbocycles. The maximum Gasteiger partial charge on any atom is 0.333 e. The molecule has 4 aromatic rings. The van der Waals surface area contributed by atoms with E-state index in [-0.39, 0.29) is 24.6 Å². The van der Waals surface area contributed by atoms with Crippen molar-refractivity contribution in [2.75, 3.05) is 0 Å². The van der Waals surface area contributed by atoms with Gasteiger partial charge in [0.05, 0.1) is 5.92 Å². The number of rotatable bonds is 14. The molecule has 5 rings (SSSR count). The summed E-state index contributed by atoms with van der Waals surface area (Å²) in [6, 6.07) is 36.7. The van der Waals surface area contributed by atoms with Crippen LogP contribution in [0.3, 0.4) is 0 Å². The minimum Gasteiger partial charge on any atom is -0.481 e. The molecule has 1 aliphatic heterocycles. The Morgan fingerprint density at radius 2 is 1.12 bits per heavy atom. The molecule has 1 saturated heterocycles. The van der Waals surface area contributed by atoms with Gasteiger partial charge in [0.1, 0.15) is 12.0 Å². The second kappa shape index (κ2) is 22.6. The van der Waals surface area contributed by atoms with Crippen LogP contribution in [0.2, 0.25) is 26.3 Å². The lowest BCUT2D eigenvalue weighted by Gasteiger charge is -2.28. The van der Waals surface area contributed by atoms with E-state index in [2.05, 4.69) is 52.5 Å². The normalized spacial score (nSPS) is 14.1. The van der Waals surface area contributed by atoms with Gasteiger partial charge in [-0.05, 0) is 92.0 Å². The fourth-order valence-electron chi connectivity index (χ4n) is 6.49. The van der Waals surface area contributed by atoms with Crippen LogP contribution in [0.25, 0.3) is 22.3 Å². The summed E-state index contributed by atoms with van der Waals surface area (Å²) in [5, 5.41) is 28.5. The molecule has 10 nitrogen and oxygen atoms in total. The summed E-state index contributed by atoms with van der Waals surface area (Å²) in [4.78, 5) is 44.6. The SMILES string of the molecule is C=C(C[C@H](CB(C)O)Cc1ccc(-c2ccccc2)cc1)C(=O)OC(C)(C)C.CB(O)C[C@H](Cc1ccc(-c2ccccc2)cc1)C(=O)O.CC1(C)OC(=O)CC(=O)O1. The van der Waals surface area contributed by atoms with Gasteiger partial charge in [0.25, 0.3) is 19.6 Å². The Kier molecular flexibility index (Phi) is 18.4. The van der Waals surface area contributed by atoms with Crippen molar-refractivity contribution in [3.05, 3.63) is 132 Å². The lowest BCUT2D eigenvalue weighted by Crippen LogP contribution is -2.39. The first-order chi connectivity index (χ1) is 27.7. The van der Waals surface area contributed by atoms with Crippen LogP contribution < -0.4 is 0 Å². The standard InChI is InChI=1S/C24H31BO3.C17H19BO3.C6H8O4/c1-18(23(26)28-24(2,3)4)15-20(17-25(5)27)16-19-11-13-22(14-12-19)21-9-7-6-8-10-21;1-18(21)12-16(17(19)20)11-13-7-9-15(10-8-13)14-5-3-2-4-6-14;1-6(2)9-4(7)3-5(8)10-6/h6-14,20,27H,1,15-17H2,2-5H3;2-10,16,21H,11-12H2,1H3,(H,19,20);3H2,1-2H3/t20-;16-;/m00./s1. The van der Waals surface area contributed by atoms with Crippen LogP contribution in [-0.4, -0.2) is 64.3 Å². The molecular weight excluding hydrogens is 746 g/mol. The Balaban J connectivity index is 0.000000262. The van der Waals surface area contributed by atoms with Gasteiger partial charge in [0.15, 0.2) is 0 Å². The molecule has 4 aromatic carbocycles. The van der Waals surface area contributed by atoms with Crippen molar-refractivity contribution in [3.63, 3.8) is 0 Å². The van der Waals surface area contributed by atoms with E-state index in [9.17, 15) is 34.3 Å². The second-order valence-electron chi connectivity index (χ2n) is 16.4. The number of hydrogen-bond donors (Lipinski definition) is 3. The van der Waals surface area contributed by atoms with Gasteiger partial charge >= 0.3 is 23.9 Å². The predicted molar refractivity (Wildman–Crippen MR) is 234 cm³/mol. The van der Waals surface area contributed by atoms with Crippen molar-refractivity contribution in [1.82, 2.24) is 0 Å². The number of carbonyl (C=O) groups excluding carboxylic acids is 3. The van der Waals surface area contributed by atoms with Crippen LogP contribution in [0, 0.1) is 11.8 Å². The third-order valence-electron chi connectivity index (χ3n) is 9.01. The maximum absolute atomic E-state index is 12.2. The quantitative estimate of drug-likeness (QED) is 0.0487. The molecule has 0 unspecified atom stereocenters. The van der Waals surface area contributed by atoms with Gasteiger partial charge in [-0.3, -0.25) is 14.4 Å².